The topological polar surface area (TPSA) is 118 Å². The van der Waals surface area contributed by atoms with Crippen LogP contribution in [0.1, 0.15) is 35.4 Å². The summed E-state index contributed by atoms with van der Waals surface area (Å²) in [5.41, 5.74) is 4.07. The molecule has 9 heteroatoms. The van der Waals surface area contributed by atoms with Gasteiger partial charge in [0, 0.05) is 28.0 Å². The fourth-order valence-corrected chi connectivity index (χ4v) is 10.3. The average molecular weight is 757 g/mol. The summed E-state index contributed by atoms with van der Waals surface area (Å²) >= 11 is 6.99. The number of fused-ring (bicyclic) bond motifs is 5. The summed E-state index contributed by atoms with van der Waals surface area (Å²) in [4.78, 5) is 65.3. The number of aromatic hydroxyl groups is 1. The largest absolute Gasteiger partial charge is 0.508 e. The summed E-state index contributed by atoms with van der Waals surface area (Å²) in [6.45, 7) is 0. The van der Waals surface area contributed by atoms with Crippen molar-refractivity contribution in [2.24, 2.45) is 23.7 Å². The summed E-state index contributed by atoms with van der Waals surface area (Å²) in [5, 5.41) is 10.7. The van der Waals surface area contributed by atoms with Gasteiger partial charge in [0.15, 0.2) is 17.1 Å². The second-order valence-electron chi connectivity index (χ2n) is 15.0. The van der Waals surface area contributed by atoms with E-state index in [1.807, 2.05) is 91.0 Å². The maximum absolute atomic E-state index is 15.2. The lowest BCUT2D eigenvalue weighted by molar-refractivity contribution is -0.135. The molecular weight excluding hydrogens is 724 g/mol. The van der Waals surface area contributed by atoms with E-state index < -0.39 is 35.0 Å². The molecule has 2 amide bonds. The number of hydrogen-bond acceptors (Lipinski definition) is 7. The summed E-state index contributed by atoms with van der Waals surface area (Å²) < 4.78 is 5.95. The van der Waals surface area contributed by atoms with E-state index in [0.717, 1.165) is 11.1 Å². The second-order valence-corrected chi connectivity index (χ2v) is 15.4. The lowest BCUT2D eigenvalue weighted by Crippen LogP contribution is -2.58. The van der Waals surface area contributed by atoms with Gasteiger partial charge in [0.25, 0.3) is 0 Å². The Morgan fingerprint density at radius 2 is 1.48 bits per heavy atom. The first-order valence-electron chi connectivity index (χ1n) is 18.7. The van der Waals surface area contributed by atoms with Crippen LogP contribution in [-0.4, -0.2) is 33.5 Å². The molecule has 6 unspecified atom stereocenters. The Hall–Kier alpha value is -6.38. The molecule has 4 aliphatic rings. The number of carbonyl (C=O) groups is 4. The highest BCUT2D eigenvalue weighted by Gasteiger charge is 2.66. The number of nitrogens with zero attached hydrogens (tertiary/aromatic N) is 2. The molecule has 1 aliphatic heterocycles. The first kappa shape index (κ1) is 34.1. The summed E-state index contributed by atoms with van der Waals surface area (Å²) in [5.74, 6) is -4.38. The summed E-state index contributed by atoms with van der Waals surface area (Å²) in [6.07, 6.45) is 3.92. The number of allylic oxidation sites excluding steroid dienone is 4. The van der Waals surface area contributed by atoms with E-state index in [0.29, 0.717) is 45.0 Å². The molecule has 1 aromatic heterocycles. The van der Waals surface area contributed by atoms with Gasteiger partial charge in [0.1, 0.15) is 11.3 Å². The maximum Gasteiger partial charge on any atom is 0.238 e. The molecule has 8 nitrogen and oxygen atoms in total. The van der Waals surface area contributed by atoms with Gasteiger partial charge in [0.2, 0.25) is 17.7 Å². The minimum absolute atomic E-state index is 0.0410. The Morgan fingerprint density at radius 1 is 0.768 bits per heavy atom. The van der Waals surface area contributed by atoms with Gasteiger partial charge in [0.05, 0.1) is 22.9 Å². The molecule has 2 fully saturated rings. The highest BCUT2D eigenvalue weighted by atomic mass is 35.5. The molecule has 1 N–H and O–H groups in total. The van der Waals surface area contributed by atoms with Gasteiger partial charge in [-0.2, -0.15) is 0 Å². The minimum atomic E-state index is -1.42. The number of para-hydroxylation sites is 2. The normalized spacial score (nSPS) is 25.7. The Balaban J connectivity index is 1.10. The third-order valence-corrected chi connectivity index (χ3v) is 12.7. The number of oxazole rings is 1. The number of amides is 2. The molecule has 2 heterocycles. The number of ketones is 2. The van der Waals surface area contributed by atoms with Crippen molar-refractivity contribution in [1.82, 2.24) is 4.98 Å². The summed E-state index contributed by atoms with van der Waals surface area (Å²) in [7, 11) is 0. The molecule has 10 rings (SSSR count). The van der Waals surface area contributed by atoms with Crippen LogP contribution in [0, 0.1) is 23.7 Å². The predicted octanol–water partition coefficient (Wildman–Crippen LogP) is 8.88. The van der Waals surface area contributed by atoms with Gasteiger partial charge in [-0.1, -0.05) is 102 Å². The van der Waals surface area contributed by atoms with Crippen molar-refractivity contribution < 1.29 is 28.7 Å². The van der Waals surface area contributed by atoms with Crippen molar-refractivity contribution >= 4 is 57.3 Å². The highest BCUT2D eigenvalue weighted by molar-refractivity contribution is 6.33. The molecule has 1 saturated carbocycles. The van der Waals surface area contributed by atoms with Crippen LogP contribution < -0.4 is 4.90 Å². The van der Waals surface area contributed by atoms with E-state index in [2.05, 4.69) is 4.98 Å². The SMILES string of the molecule is O=C1C(c2ccccc2)=CC(=O)C2(c3ccccc3)C1CC1C(=CCC3C(=O)N(c4ccc(-c5nc6ccccc6o5)cc4)C(=O)C31)C2c1ccc(O)cc1Cl. The molecular formula is C47H33ClN2O6. The molecule has 5 aromatic carbocycles. The number of phenols is 1. The van der Waals surface area contributed by atoms with Gasteiger partial charge >= 0.3 is 0 Å². The molecule has 0 radical (unpaired) electrons. The van der Waals surface area contributed by atoms with Gasteiger partial charge in [-0.25, -0.2) is 4.98 Å². The zero-order valence-electron chi connectivity index (χ0n) is 29.8. The zero-order chi connectivity index (χ0) is 38.3. The predicted molar refractivity (Wildman–Crippen MR) is 212 cm³/mol. The van der Waals surface area contributed by atoms with E-state index in [1.54, 1.807) is 30.3 Å². The Morgan fingerprint density at radius 3 is 2.21 bits per heavy atom. The molecule has 1 saturated heterocycles. The van der Waals surface area contributed by atoms with E-state index in [4.69, 9.17) is 16.0 Å². The second kappa shape index (κ2) is 12.9. The van der Waals surface area contributed by atoms with Crippen LogP contribution in [0.15, 0.2) is 150 Å². The lowest BCUT2D eigenvalue weighted by Gasteiger charge is -2.55. The molecule has 0 spiro atoms. The van der Waals surface area contributed by atoms with Crippen molar-refractivity contribution in [1.29, 1.82) is 0 Å². The van der Waals surface area contributed by atoms with Crippen LogP contribution in [0.2, 0.25) is 5.02 Å². The number of phenolic OH excluding ortho intramolecular Hbond substituents is 1. The smallest absolute Gasteiger partial charge is 0.238 e. The van der Waals surface area contributed by atoms with Crippen molar-refractivity contribution in [3.8, 4) is 17.2 Å². The Kier molecular flexibility index (Phi) is 7.83. The zero-order valence-corrected chi connectivity index (χ0v) is 30.6. The standard InChI is InChI=1S/C47H33ClN2O6/c48-37-23-30(51)19-20-32(37)42-31-21-22-33-41(46(55)50(45(33)54)29-17-15-27(16-18-29)44-49-38-13-7-8-14-39(38)56-44)35(31)24-36-43(53)34(26-9-3-1-4-10-26)25-40(52)47(36,42)28-11-5-2-6-12-28/h1-21,23,25,33,35-36,41-42,51H,22,24H2. The van der Waals surface area contributed by atoms with Crippen LogP contribution in [0.3, 0.4) is 0 Å². The van der Waals surface area contributed by atoms with Crippen LogP contribution in [-0.2, 0) is 24.6 Å². The number of carbonyl (C=O) groups excluding carboxylic acids is 4. The quantitative estimate of drug-likeness (QED) is 0.138. The fraction of sp³-hybridized carbons (Fsp3) is 0.170. The summed E-state index contributed by atoms with van der Waals surface area (Å²) in [6, 6.07) is 37.7. The Bertz CT molecular complexity index is 2650. The lowest BCUT2D eigenvalue weighted by atomic mass is 9.44. The van der Waals surface area contributed by atoms with E-state index in [1.165, 1.54) is 23.1 Å². The molecule has 6 atom stereocenters. The van der Waals surface area contributed by atoms with Crippen molar-refractivity contribution in [2.45, 2.75) is 24.2 Å². The molecule has 6 aromatic rings. The van der Waals surface area contributed by atoms with E-state index in [9.17, 15) is 14.7 Å². The maximum atomic E-state index is 15.2. The van der Waals surface area contributed by atoms with Gasteiger partial charge < -0.3 is 9.52 Å². The number of anilines is 1. The minimum Gasteiger partial charge on any atom is -0.508 e. The molecule has 0 bridgehead atoms. The van der Waals surface area contributed by atoms with Crippen molar-refractivity contribution in [3.05, 3.63) is 167 Å². The van der Waals surface area contributed by atoms with Gasteiger partial charge in [-0.15, -0.1) is 0 Å². The first-order valence-corrected chi connectivity index (χ1v) is 19.1. The molecule has 56 heavy (non-hydrogen) atoms. The number of imide groups is 1. The Labute approximate surface area is 326 Å². The number of aromatic nitrogens is 1. The van der Waals surface area contributed by atoms with Crippen LogP contribution in [0.25, 0.3) is 28.1 Å². The first-order chi connectivity index (χ1) is 27.3. The third kappa shape index (κ3) is 4.95. The van der Waals surface area contributed by atoms with Gasteiger partial charge in [-0.05, 0) is 90.1 Å². The van der Waals surface area contributed by atoms with Crippen LogP contribution >= 0.6 is 11.6 Å². The fourth-order valence-electron chi connectivity index (χ4n) is 9.97. The van der Waals surface area contributed by atoms with Crippen LogP contribution in [0.5, 0.6) is 5.75 Å². The molecule has 3 aliphatic carbocycles. The number of benzene rings is 5. The van der Waals surface area contributed by atoms with E-state index >= 15 is 9.59 Å². The number of halogens is 1. The number of hydrogen-bond donors (Lipinski definition) is 1. The van der Waals surface area contributed by atoms with E-state index in [-0.39, 0.29) is 47.0 Å². The third-order valence-electron chi connectivity index (χ3n) is 12.3. The highest BCUT2D eigenvalue weighted by Crippen LogP contribution is 2.64. The number of rotatable bonds is 5. The number of Topliss-reactive ketones (excluding diaryl/α,β-unsaturated/α-hetero) is 1. The van der Waals surface area contributed by atoms with Crippen molar-refractivity contribution in [2.75, 3.05) is 4.90 Å². The van der Waals surface area contributed by atoms with Crippen molar-refractivity contribution in [3.63, 3.8) is 0 Å². The average Bonchev–Trinajstić information content (AvgIpc) is 3.77. The molecule has 274 valence electrons. The monoisotopic (exact) mass is 756 g/mol. The van der Waals surface area contributed by atoms with Gasteiger partial charge in [-0.3, -0.25) is 24.1 Å². The van der Waals surface area contributed by atoms with Crippen LogP contribution in [0.4, 0.5) is 5.69 Å².